The first-order valence-corrected chi connectivity index (χ1v) is 5.62. The first-order valence-electron chi connectivity index (χ1n) is 5.62. The molecule has 0 rings (SSSR count). The van der Waals surface area contributed by atoms with Gasteiger partial charge in [0.2, 0.25) is 0 Å². The van der Waals surface area contributed by atoms with Gasteiger partial charge in [-0.05, 0) is 32.6 Å². The molecule has 0 aromatic rings. The van der Waals surface area contributed by atoms with Gasteiger partial charge in [-0.2, -0.15) is 0 Å². The van der Waals surface area contributed by atoms with Gasteiger partial charge in [-0.15, -0.1) is 0 Å². The van der Waals surface area contributed by atoms with Crippen LogP contribution in [0.15, 0.2) is 0 Å². The lowest BCUT2D eigenvalue weighted by Crippen LogP contribution is -2.32. The van der Waals surface area contributed by atoms with Crippen LogP contribution in [0.2, 0.25) is 0 Å². The van der Waals surface area contributed by atoms with E-state index in [1.54, 1.807) is 0 Å². The van der Waals surface area contributed by atoms with Gasteiger partial charge in [-0.1, -0.05) is 13.3 Å². The Kier molecular flexibility index (Phi) is 6.08. The van der Waals surface area contributed by atoms with Gasteiger partial charge >= 0.3 is 11.9 Å². The van der Waals surface area contributed by atoms with Crippen LogP contribution < -0.4 is 0 Å². The number of methoxy groups -OCH3 is 1. The maximum atomic E-state index is 11.5. The van der Waals surface area contributed by atoms with Crippen molar-refractivity contribution in [1.82, 2.24) is 0 Å². The van der Waals surface area contributed by atoms with Gasteiger partial charge in [0.15, 0.2) is 0 Å². The highest BCUT2D eigenvalue weighted by Crippen LogP contribution is 2.31. The van der Waals surface area contributed by atoms with Crippen LogP contribution in [0.4, 0.5) is 0 Å². The number of carboxylic acids is 1. The fourth-order valence-corrected chi connectivity index (χ4v) is 1.55. The predicted molar refractivity (Wildman–Crippen MR) is 61.1 cm³/mol. The molecule has 94 valence electrons. The highest BCUT2D eigenvalue weighted by atomic mass is 16.5. The van der Waals surface area contributed by atoms with Crippen LogP contribution >= 0.6 is 0 Å². The molecule has 0 saturated carbocycles. The van der Waals surface area contributed by atoms with Crippen molar-refractivity contribution in [2.45, 2.75) is 46.5 Å². The lowest BCUT2D eigenvalue weighted by Gasteiger charge is -2.28. The maximum absolute atomic E-state index is 11.5. The highest BCUT2D eigenvalue weighted by molar-refractivity contribution is 5.76. The van der Waals surface area contributed by atoms with Gasteiger partial charge in [-0.3, -0.25) is 9.59 Å². The van der Waals surface area contributed by atoms with Gasteiger partial charge in [-0.25, -0.2) is 0 Å². The van der Waals surface area contributed by atoms with Crippen LogP contribution in [0.3, 0.4) is 0 Å². The molecule has 0 bridgehead atoms. The molecule has 0 aliphatic heterocycles. The fourth-order valence-electron chi connectivity index (χ4n) is 1.55. The molecular formula is C12H22O4. The second-order valence-electron chi connectivity index (χ2n) is 4.75. The topological polar surface area (TPSA) is 63.6 Å². The van der Waals surface area contributed by atoms with Crippen LogP contribution in [0, 0.1) is 11.3 Å². The Hall–Kier alpha value is -1.06. The third-order valence-corrected chi connectivity index (χ3v) is 3.22. The molecule has 0 amide bonds. The van der Waals surface area contributed by atoms with E-state index in [1.165, 1.54) is 7.11 Å². The number of ether oxygens (including phenoxy) is 1. The molecule has 0 aliphatic carbocycles. The molecule has 1 atom stereocenters. The molecule has 0 aromatic carbocycles. The number of carbonyl (C=O) groups excluding carboxylic acids is 1. The van der Waals surface area contributed by atoms with Crippen molar-refractivity contribution in [2.24, 2.45) is 11.3 Å². The summed E-state index contributed by atoms with van der Waals surface area (Å²) in [6.45, 7) is 5.72. The summed E-state index contributed by atoms with van der Waals surface area (Å²) < 4.78 is 4.75. The number of carbonyl (C=O) groups is 2. The van der Waals surface area contributed by atoms with Crippen LogP contribution in [0.5, 0.6) is 0 Å². The number of esters is 1. The average Bonchev–Trinajstić information content (AvgIpc) is 2.22. The number of carboxylic acid groups (broad SMARTS) is 1. The Morgan fingerprint density at radius 3 is 2.31 bits per heavy atom. The number of hydrogen-bond donors (Lipinski definition) is 1. The van der Waals surface area contributed by atoms with E-state index < -0.39 is 11.4 Å². The van der Waals surface area contributed by atoms with E-state index in [1.807, 2.05) is 20.8 Å². The Morgan fingerprint density at radius 1 is 1.31 bits per heavy atom. The fraction of sp³-hybridized carbons (Fsp3) is 0.833. The van der Waals surface area contributed by atoms with Crippen molar-refractivity contribution >= 4 is 11.9 Å². The summed E-state index contributed by atoms with van der Waals surface area (Å²) in [4.78, 5) is 21.8. The van der Waals surface area contributed by atoms with Crippen LogP contribution in [-0.2, 0) is 14.3 Å². The van der Waals surface area contributed by atoms with Gasteiger partial charge in [0.05, 0.1) is 12.5 Å². The average molecular weight is 230 g/mol. The first kappa shape index (κ1) is 14.9. The van der Waals surface area contributed by atoms with E-state index in [-0.39, 0.29) is 18.3 Å². The zero-order valence-electron chi connectivity index (χ0n) is 10.6. The first-order chi connectivity index (χ1) is 7.32. The number of aliphatic carboxylic acids is 1. The summed E-state index contributed by atoms with van der Waals surface area (Å²) in [5.41, 5.74) is -0.502. The van der Waals surface area contributed by atoms with Gasteiger partial charge in [0, 0.05) is 6.42 Å². The summed E-state index contributed by atoms with van der Waals surface area (Å²) in [5.74, 6) is -0.785. The van der Waals surface area contributed by atoms with E-state index in [0.29, 0.717) is 6.42 Å². The second kappa shape index (κ2) is 6.51. The number of hydrogen-bond acceptors (Lipinski definition) is 3. The largest absolute Gasteiger partial charge is 0.481 e. The zero-order valence-corrected chi connectivity index (χ0v) is 10.6. The van der Waals surface area contributed by atoms with E-state index in [9.17, 15) is 9.59 Å². The molecule has 0 spiro atoms. The molecule has 0 heterocycles. The standard InChI is InChI=1S/C12H22O4/c1-9(7-5-6-8-10(13)14)12(2,3)11(15)16-4/h9H,5-8H2,1-4H3,(H,13,14). The highest BCUT2D eigenvalue weighted by Gasteiger charge is 2.34. The van der Waals surface area contributed by atoms with Crippen molar-refractivity contribution < 1.29 is 19.4 Å². The minimum absolute atomic E-state index is 0.189. The molecule has 4 nitrogen and oxygen atoms in total. The maximum Gasteiger partial charge on any atom is 0.311 e. The van der Waals surface area contributed by atoms with Crippen molar-refractivity contribution in [3.63, 3.8) is 0 Å². The lowest BCUT2D eigenvalue weighted by molar-refractivity contribution is -0.153. The third-order valence-electron chi connectivity index (χ3n) is 3.22. The van der Waals surface area contributed by atoms with Crippen LogP contribution in [0.1, 0.15) is 46.5 Å². The monoisotopic (exact) mass is 230 g/mol. The van der Waals surface area contributed by atoms with Crippen molar-refractivity contribution in [1.29, 1.82) is 0 Å². The Labute approximate surface area is 97.0 Å². The normalized spacial score (nSPS) is 13.2. The van der Waals surface area contributed by atoms with Gasteiger partial charge < -0.3 is 9.84 Å². The van der Waals surface area contributed by atoms with Crippen LogP contribution in [0.25, 0.3) is 0 Å². The minimum Gasteiger partial charge on any atom is -0.481 e. The zero-order chi connectivity index (χ0) is 12.8. The van der Waals surface area contributed by atoms with E-state index in [2.05, 4.69) is 0 Å². The Balaban J connectivity index is 4.00. The molecule has 1 N–H and O–H groups in total. The van der Waals surface area contributed by atoms with Crippen LogP contribution in [-0.4, -0.2) is 24.2 Å². The molecule has 0 aliphatic rings. The number of unbranched alkanes of at least 4 members (excludes halogenated alkanes) is 1. The summed E-state index contributed by atoms with van der Waals surface area (Å²) in [6.07, 6.45) is 2.53. The lowest BCUT2D eigenvalue weighted by atomic mass is 9.77. The minimum atomic E-state index is -0.764. The molecule has 0 aromatic heterocycles. The van der Waals surface area contributed by atoms with E-state index >= 15 is 0 Å². The summed E-state index contributed by atoms with van der Waals surface area (Å²) in [7, 11) is 1.39. The van der Waals surface area contributed by atoms with E-state index in [0.717, 1.165) is 12.8 Å². The third kappa shape index (κ3) is 4.64. The van der Waals surface area contributed by atoms with Crippen molar-refractivity contribution in [3.05, 3.63) is 0 Å². The van der Waals surface area contributed by atoms with Gasteiger partial charge in [0.25, 0.3) is 0 Å². The van der Waals surface area contributed by atoms with Crippen molar-refractivity contribution in [2.75, 3.05) is 7.11 Å². The quantitative estimate of drug-likeness (QED) is 0.539. The molecule has 4 heteroatoms. The van der Waals surface area contributed by atoms with Gasteiger partial charge in [0.1, 0.15) is 0 Å². The summed E-state index contributed by atoms with van der Waals surface area (Å²) in [6, 6.07) is 0. The Bertz CT molecular complexity index is 245. The van der Waals surface area contributed by atoms with E-state index in [4.69, 9.17) is 9.84 Å². The van der Waals surface area contributed by atoms with Crippen molar-refractivity contribution in [3.8, 4) is 0 Å². The molecule has 16 heavy (non-hydrogen) atoms. The molecule has 0 radical (unpaired) electrons. The Morgan fingerprint density at radius 2 is 1.88 bits per heavy atom. The summed E-state index contributed by atoms with van der Waals surface area (Å²) in [5, 5.41) is 8.49. The SMILES string of the molecule is COC(=O)C(C)(C)C(C)CCCCC(=O)O. The summed E-state index contributed by atoms with van der Waals surface area (Å²) >= 11 is 0. The second-order valence-corrected chi connectivity index (χ2v) is 4.75. The molecule has 1 unspecified atom stereocenters. The predicted octanol–water partition coefficient (Wildman–Crippen LogP) is 2.47. The molecular weight excluding hydrogens is 208 g/mol. The molecule has 0 saturated heterocycles. The number of rotatable bonds is 7. The molecule has 0 fully saturated rings. The smallest absolute Gasteiger partial charge is 0.311 e.